The van der Waals surface area contributed by atoms with Crippen molar-refractivity contribution < 1.29 is 18.9 Å². The maximum absolute atomic E-state index is 12.2. The molecule has 0 unspecified atom stereocenters. The van der Waals surface area contributed by atoms with Gasteiger partial charge >= 0.3 is 0 Å². The van der Waals surface area contributed by atoms with Gasteiger partial charge in [-0.15, -0.1) is 6.42 Å². The number of nitrogens with one attached hydrogen (secondary N) is 4. The molecule has 4 N–H and O–H groups in total. The Morgan fingerprint density at radius 1 is 0.518 bits per heavy atom. The number of anilines is 4. The van der Waals surface area contributed by atoms with Gasteiger partial charge in [-0.25, -0.2) is 19.9 Å². The number of rotatable bonds is 15. The number of morpholine rings is 3. The second-order valence-electron chi connectivity index (χ2n) is 22.7. The summed E-state index contributed by atoms with van der Waals surface area (Å²) in [7, 11) is 1.87. The number of nitrogens with zero attached hydrogens (tertiary/aromatic N) is 11. The van der Waals surface area contributed by atoms with Crippen LogP contribution in [0.2, 0.25) is 0 Å². The Labute approximate surface area is 497 Å². The van der Waals surface area contributed by atoms with E-state index in [1.165, 1.54) is 16.7 Å². The van der Waals surface area contributed by atoms with Gasteiger partial charge in [0.2, 0.25) is 17.8 Å². The lowest BCUT2D eigenvalue weighted by Gasteiger charge is -2.32. The van der Waals surface area contributed by atoms with Gasteiger partial charge in [0.25, 0.3) is 16.7 Å². The van der Waals surface area contributed by atoms with E-state index in [4.69, 9.17) is 40.3 Å². The van der Waals surface area contributed by atoms with Crippen molar-refractivity contribution in [1.82, 2.24) is 54.6 Å². The molecular weight excluding hydrogens is 1080 g/mol. The Morgan fingerprint density at radius 2 is 0.882 bits per heavy atom. The number of aryl methyl sites for hydroxylation is 1. The topological polar surface area (TPSA) is 231 Å². The number of likely N-dealkylation sites (tertiary alicyclic amines) is 3. The molecule has 22 heteroatoms. The maximum atomic E-state index is 12.2. The molecule has 11 heterocycles. The van der Waals surface area contributed by atoms with Crippen LogP contribution in [0.15, 0.2) is 93.5 Å². The van der Waals surface area contributed by atoms with E-state index in [9.17, 15) is 14.4 Å². The van der Waals surface area contributed by atoms with Crippen molar-refractivity contribution in [2.45, 2.75) is 82.8 Å². The lowest BCUT2D eigenvalue weighted by atomic mass is 9.93. The first-order valence-corrected chi connectivity index (χ1v) is 30.3. The average Bonchev–Trinajstić information content (AvgIpc) is 3.60. The van der Waals surface area contributed by atoms with E-state index in [-0.39, 0.29) is 23.3 Å². The van der Waals surface area contributed by atoms with Gasteiger partial charge in [-0.05, 0) is 126 Å². The standard InChI is InChI=1S/C23H28N4O3.C20H28N6O2.C20H27N5O2/c1-2-13-30-20-5-3-18(4-6-20)17-26-9-7-19(8-10-26)21-16-22(28)25-23(24-21)27-11-14-29-15-12-27;1-21-18-3-2-15(13-22-18)14-25-6-4-16(5-7-25)17-12-19(27)24-20(23-17)26-8-10-28-11-9-26;1-15-2-3-16(13-21-15)14-24-6-4-17(5-7-24)18-12-19(26)23-20(22-18)25-8-10-27-11-9-25/h1,3-6,16,19H,7-15,17H2,(H,24,25,28);2-3,12-13,16H,4-11,14H2,1H3,(H,21,22)(H,23,24,27);2-3,12-13,17H,4-11,14H2,1H3,(H,22,23,26). The number of H-pyrrole nitrogens is 3. The van der Waals surface area contributed by atoms with Crippen molar-refractivity contribution in [3.05, 3.63) is 150 Å². The fourth-order valence-electron chi connectivity index (χ4n) is 11.8. The summed E-state index contributed by atoms with van der Waals surface area (Å²) in [6, 6.07) is 21.5. The number of piperidine rings is 3. The molecule has 0 spiro atoms. The lowest BCUT2D eigenvalue weighted by Crippen LogP contribution is -2.39. The summed E-state index contributed by atoms with van der Waals surface area (Å²) in [5.74, 6) is 7.21. The summed E-state index contributed by atoms with van der Waals surface area (Å²) in [5, 5.41) is 3.04. The molecule has 6 fully saturated rings. The average molecular weight is 1160 g/mol. The zero-order valence-corrected chi connectivity index (χ0v) is 49.4. The summed E-state index contributed by atoms with van der Waals surface area (Å²) in [6.45, 7) is 19.7. The van der Waals surface area contributed by atoms with Crippen molar-refractivity contribution in [2.24, 2.45) is 0 Å². The molecule has 0 saturated carbocycles. The summed E-state index contributed by atoms with van der Waals surface area (Å²) in [6.07, 6.45) is 15.2. The van der Waals surface area contributed by atoms with Gasteiger partial charge in [-0.1, -0.05) is 30.2 Å². The molecule has 85 heavy (non-hydrogen) atoms. The van der Waals surface area contributed by atoms with Crippen LogP contribution in [0.4, 0.5) is 23.7 Å². The van der Waals surface area contributed by atoms with Crippen LogP contribution in [0.3, 0.4) is 0 Å². The Kier molecular flexibility index (Phi) is 21.8. The predicted octanol–water partition coefficient (Wildman–Crippen LogP) is 5.11. The van der Waals surface area contributed by atoms with Crippen molar-refractivity contribution in [3.63, 3.8) is 0 Å². The first-order valence-electron chi connectivity index (χ1n) is 30.3. The minimum absolute atomic E-state index is 0.0605. The fraction of sp³-hybridized carbons (Fsp3) is 0.524. The minimum atomic E-state index is -0.0731. The van der Waals surface area contributed by atoms with Crippen LogP contribution < -0.4 is 41.4 Å². The van der Waals surface area contributed by atoms with Crippen LogP contribution in [0.1, 0.15) is 95.7 Å². The first kappa shape index (κ1) is 60.6. The number of aromatic amines is 3. The molecule has 0 radical (unpaired) electrons. The molecule has 1 aromatic carbocycles. The van der Waals surface area contributed by atoms with Crippen molar-refractivity contribution >= 4 is 23.7 Å². The minimum Gasteiger partial charge on any atom is -0.481 e. The lowest BCUT2D eigenvalue weighted by molar-refractivity contribution is 0.122. The van der Waals surface area contributed by atoms with E-state index in [2.05, 4.69) is 95.9 Å². The van der Waals surface area contributed by atoms with Crippen LogP contribution in [-0.4, -0.2) is 186 Å². The van der Waals surface area contributed by atoms with Gasteiger partial charge < -0.3 is 39.0 Å². The summed E-state index contributed by atoms with van der Waals surface area (Å²) in [5.41, 5.74) is 7.34. The molecule has 0 amide bonds. The molecule has 6 aliphatic rings. The van der Waals surface area contributed by atoms with Crippen LogP contribution in [0.5, 0.6) is 5.75 Å². The summed E-state index contributed by atoms with van der Waals surface area (Å²) < 4.78 is 21.6. The summed E-state index contributed by atoms with van der Waals surface area (Å²) >= 11 is 0. The molecule has 22 nitrogen and oxygen atoms in total. The molecular formula is C63H83N15O7. The zero-order chi connectivity index (χ0) is 58.7. The van der Waals surface area contributed by atoms with Crippen molar-refractivity contribution in [3.8, 4) is 18.1 Å². The third-order valence-electron chi connectivity index (χ3n) is 16.7. The highest BCUT2D eigenvalue weighted by Gasteiger charge is 2.27. The number of aromatic nitrogens is 8. The van der Waals surface area contributed by atoms with E-state index in [0.29, 0.717) is 75.2 Å². The second-order valence-corrected chi connectivity index (χ2v) is 22.7. The summed E-state index contributed by atoms with van der Waals surface area (Å²) in [4.78, 5) is 82.0. The number of terminal acetylenes is 1. The molecule has 0 bridgehead atoms. The Bertz CT molecular complexity index is 3240. The van der Waals surface area contributed by atoms with Crippen LogP contribution in [-0.2, 0) is 33.8 Å². The van der Waals surface area contributed by atoms with E-state index < -0.39 is 0 Å². The van der Waals surface area contributed by atoms with Crippen LogP contribution in [0.25, 0.3) is 0 Å². The molecule has 0 aliphatic carbocycles. The molecule has 0 atom stereocenters. The molecule has 6 aliphatic heterocycles. The van der Waals surface area contributed by atoms with Gasteiger partial charge in [0.1, 0.15) is 18.2 Å². The molecule has 12 rings (SSSR count). The molecule has 6 saturated heterocycles. The SMILES string of the molecule is C#CCOc1ccc(CN2CCC(c3cc(=O)[nH]c(N4CCOCC4)n3)CC2)cc1.CNc1ccc(CN2CCC(c3cc(=O)[nH]c(N4CCOCC4)n3)CC2)cn1.Cc1ccc(CN2CCC(c3cc(=O)[nH]c(N4CCOCC4)n3)CC2)cn1. The van der Waals surface area contributed by atoms with E-state index in [0.717, 1.165) is 171 Å². The largest absolute Gasteiger partial charge is 0.481 e. The maximum Gasteiger partial charge on any atom is 0.252 e. The number of ether oxygens (including phenoxy) is 4. The highest BCUT2D eigenvalue weighted by Crippen LogP contribution is 2.31. The second kappa shape index (κ2) is 30.5. The van der Waals surface area contributed by atoms with Gasteiger partial charge in [0.05, 0.1) is 56.7 Å². The highest BCUT2D eigenvalue weighted by atomic mass is 16.5. The normalized spacial score (nSPS) is 18.8. The number of hydrogen-bond donors (Lipinski definition) is 4. The van der Waals surface area contributed by atoms with Crippen molar-refractivity contribution in [2.75, 3.05) is 152 Å². The third-order valence-corrected chi connectivity index (χ3v) is 16.7. The first-order chi connectivity index (χ1) is 41.6. The number of hydrogen-bond acceptors (Lipinski definition) is 19. The third kappa shape index (κ3) is 17.8. The van der Waals surface area contributed by atoms with Crippen LogP contribution >= 0.6 is 0 Å². The number of benzene rings is 1. The predicted molar refractivity (Wildman–Crippen MR) is 329 cm³/mol. The van der Waals surface area contributed by atoms with E-state index >= 15 is 0 Å². The van der Waals surface area contributed by atoms with Gasteiger partial charge in [-0.3, -0.25) is 49.0 Å². The zero-order valence-electron chi connectivity index (χ0n) is 49.4. The van der Waals surface area contributed by atoms with Gasteiger partial charge in [-0.2, -0.15) is 0 Å². The van der Waals surface area contributed by atoms with Crippen LogP contribution in [0, 0.1) is 19.3 Å². The highest BCUT2D eigenvalue weighted by molar-refractivity contribution is 5.36. The fourth-order valence-corrected chi connectivity index (χ4v) is 11.8. The number of pyridine rings is 2. The van der Waals surface area contributed by atoms with Crippen molar-refractivity contribution in [1.29, 1.82) is 0 Å². The molecule has 452 valence electrons. The molecule has 5 aromatic heterocycles. The monoisotopic (exact) mass is 1160 g/mol. The quantitative estimate of drug-likeness (QED) is 0.0979. The van der Waals surface area contributed by atoms with Gasteiger partial charge in [0.15, 0.2) is 0 Å². The molecule has 6 aromatic rings. The van der Waals surface area contributed by atoms with E-state index in [1.807, 2.05) is 44.6 Å². The Hall–Kier alpha value is -7.52. The van der Waals surface area contributed by atoms with E-state index in [1.54, 1.807) is 18.2 Å². The van der Waals surface area contributed by atoms with Gasteiger partial charge in [0, 0.05) is 120 Å². The Morgan fingerprint density at radius 3 is 1.22 bits per heavy atom. The Balaban J connectivity index is 0.000000142. The smallest absolute Gasteiger partial charge is 0.252 e.